The number of rotatable bonds is 1. The lowest BCUT2D eigenvalue weighted by molar-refractivity contribution is 0.282. The Morgan fingerprint density at radius 2 is 1.50 bits per heavy atom. The maximum absolute atomic E-state index is 8.54. The maximum Gasteiger partial charge on any atom is 0.0681 e. The Hall–Kier alpha value is -0.900. The molecule has 0 fully saturated rings. The summed E-state index contributed by atoms with van der Waals surface area (Å²) in [5.74, 6) is 0. The van der Waals surface area contributed by atoms with E-state index in [4.69, 9.17) is 5.11 Å². The van der Waals surface area contributed by atoms with Gasteiger partial charge in [0.05, 0.1) is 6.61 Å². The van der Waals surface area contributed by atoms with E-state index in [2.05, 4.69) is 0 Å². The SMILES string of the molecule is O.O.OCc1ccccc1. The summed E-state index contributed by atoms with van der Waals surface area (Å²) in [6.45, 7) is 0.140. The van der Waals surface area contributed by atoms with Gasteiger partial charge in [-0.1, -0.05) is 30.3 Å². The van der Waals surface area contributed by atoms with E-state index in [9.17, 15) is 0 Å². The van der Waals surface area contributed by atoms with Gasteiger partial charge in [-0.05, 0) is 5.56 Å². The van der Waals surface area contributed by atoms with Crippen LogP contribution in [0, 0.1) is 0 Å². The highest BCUT2D eigenvalue weighted by Crippen LogP contribution is 1.95. The lowest BCUT2D eigenvalue weighted by Crippen LogP contribution is -1.77. The average molecular weight is 144 g/mol. The van der Waals surface area contributed by atoms with E-state index in [-0.39, 0.29) is 17.6 Å². The van der Waals surface area contributed by atoms with Crippen molar-refractivity contribution in [2.75, 3.05) is 0 Å². The Morgan fingerprint density at radius 1 is 1.00 bits per heavy atom. The minimum Gasteiger partial charge on any atom is -0.412 e. The topological polar surface area (TPSA) is 83.2 Å². The van der Waals surface area contributed by atoms with Crippen LogP contribution in [0.25, 0.3) is 0 Å². The normalized spacial score (nSPS) is 7.30. The number of aliphatic hydroxyl groups is 1. The van der Waals surface area contributed by atoms with Crippen LogP contribution in [0.2, 0.25) is 0 Å². The summed E-state index contributed by atoms with van der Waals surface area (Å²) in [7, 11) is 0. The summed E-state index contributed by atoms with van der Waals surface area (Å²) in [5.41, 5.74) is 0.965. The summed E-state index contributed by atoms with van der Waals surface area (Å²) >= 11 is 0. The Morgan fingerprint density at radius 3 is 1.80 bits per heavy atom. The van der Waals surface area contributed by atoms with Crippen LogP contribution in [0.15, 0.2) is 30.3 Å². The van der Waals surface area contributed by atoms with Crippen LogP contribution >= 0.6 is 0 Å². The van der Waals surface area contributed by atoms with Gasteiger partial charge in [-0.25, -0.2) is 0 Å². The highest BCUT2D eigenvalue weighted by atomic mass is 16.3. The third-order valence-corrected chi connectivity index (χ3v) is 1.03. The van der Waals surface area contributed by atoms with Crippen LogP contribution in [0.5, 0.6) is 0 Å². The van der Waals surface area contributed by atoms with Gasteiger partial charge in [0.2, 0.25) is 0 Å². The van der Waals surface area contributed by atoms with Crippen LogP contribution in [-0.2, 0) is 6.61 Å². The van der Waals surface area contributed by atoms with Gasteiger partial charge in [0, 0.05) is 0 Å². The molecule has 0 aromatic heterocycles. The van der Waals surface area contributed by atoms with Crippen molar-refractivity contribution >= 4 is 0 Å². The molecule has 0 radical (unpaired) electrons. The molecule has 0 aliphatic heterocycles. The fourth-order valence-electron chi connectivity index (χ4n) is 0.583. The smallest absolute Gasteiger partial charge is 0.0681 e. The van der Waals surface area contributed by atoms with Crippen LogP contribution in [0.4, 0.5) is 0 Å². The number of benzene rings is 1. The summed E-state index contributed by atoms with van der Waals surface area (Å²) in [6, 6.07) is 9.52. The lowest BCUT2D eigenvalue weighted by Gasteiger charge is -1.89. The van der Waals surface area contributed by atoms with Gasteiger partial charge in [0.25, 0.3) is 0 Å². The van der Waals surface area contributed by atoms with Crippen molar-refractivity contribution in [1.29, 1.82) is 0 Å². The Bertz CT molecular complexity index is 150. The summed E-state index contributed by atoms with van der Waals surface area (Å²) in [4.78, 5) is 0. The molecule has 0 amide bonds. The molecule has 10 heavy (non-hydrogen) atoms. The van der Waals surface area contributed by atoms with Gasteiger partial charge < -0.3 is 16.1 Å². The highest BCUT2D eigenvalue weighted by Gasteiger charge is 1.81. The van der Waals surface area contributed by atoms with Crippen LogP contribution < -0.4 is 0 Å². The van der Waals surface area contributed by atoms with Crippen molar-refractivity contribution in [2.45, 2.75) is 6.61 Å². The zero-order valence-electron chi connectivity index (χ0n) is 5.54. The number of aliphatic hydroxyl groups excluding tert-OH is 1. The molecule has 0 heterocycles. The molecule has 0 aliphatic rings. The van der Waals surface area contributed by atoms with E-state index in [1.54, 1.807) is 0 Å². The summed E-state index contributed by atoms with van der Waals surface area (Å²) in [5, 5.41) is 8.54. The van der Waals surface area contributed by atoms with Crippen molar-refractivity contribution < 1.29 is 16.1 Å². The Kier molecular flexibility index (Phi) is 7.37. The van der Waals surface area contributed by atoms with Crippen molar-refractivity contribution in [3.63, 3.8) is 0 Å². The second-order valence-electron chi connectivity index (χ2n) is 1.64. The molecule has 0 saturated carbocycles. The van der Waals surface area contributed by atoms with E-state index in [0.717, 1.165) is 5.56 Å². The van der Waals surface area contributed by atoms with Crippen molar-refractivity contribution in [2.24, 2.45) is 0 Å². The van der Waals surface area contributed by atoms with Crippen LogP contribution in [0.1, 0.15) is 5.56 Å². The molecule has 3 nitrogen and oxygen atoms in total. The molecule has 1 rings (SSSR count). The molecule has 3 heteroatoms. The zero-order chi connectivity index (χ0) is 5.82. The largest absolute Gasteiger partial charge is 0.412 e. The molecule has 5 N–H and O–H groups in total. The second kappa shape index (κ2) is 6.22. The molecule has 0 atom stereocenters. The van der Waals surface area contributed by atoms with E-state index in [1.807, 2.05) is 30.3 Å². The van der Waals surface area contributed by atoms with Gasteiger partial charge in [-0.15, -0.1) is 0 Å². The van der Waals surface area contributed by atoms with E-state index in [0.29, 0.717) is 0 Å². The van der Waals surface area contributed by atoms with Gasteiger partial charge >= 0.3 is 0 Å². The van der Waals surface area contributed by atoms with Gasteiger partial charge in [0.15, 0.2) is 0 Å². The van der Waals surface area contributed by atoms with Crippen molar-refractivity contribution in [3.8, 4) is 0 Å². The van der Waals surface area contributed by atoms with Crippen LogP contribution in [-0.4, -0.2) is 16.1 Å². The fraction of sp³-hybridized carbons (Fsp3) is 0.143. The summed E-state index contributed by atoms with van der Waals surface area (Å²) < 4.78 is 0. The second-order valence-corrected chi connectivity index (χ2v) is 1.64. The Balaban J connectivity index is 0. The molecule has 0 bridgehead atoms. The average Bonchev–Trinajstić information content (AvgIpc) is 1.90. The van der Waals surface area contributed by atoms with E-state index >= 15 is 0 Å². The van der Waals surface area contributed by atoms with E-state index in [1.165, 1.54) is 0 Å². The number of hydrogen-bond acceptors (Lipinski definition) is 1. The molecule has 0 saturated heterocycles. The molecule has 1 aromatic carbocycles. The van der Waals surface area contributed by atoms with Gasteiger partial charge in [0.1, 0.15) is 0 Å². The van der Waals surface area contributed by atoms with Crippen molar-refractivity contribution in [3.05, 3.63) is 35.9 Å². The monoisotopic (exact) mass is 144 g/mol. The predicted octanol–water partition coefficient (Wildman–Crippen LogP) is -0.471. The number of hydrogen-bond donors (Lipinski definition) is 1. The Labute approximate surface area is 59.6 Å². The lowest BCUT2D eigenvalue weighted by atomic mass is 10.2. The summed E-state index contributed by atoms with van der Waals surface area (Å²) in [6.07, 6.45) is 0. The van der Waals surface area contributed by atoms with Gasteiger partial charge in [-0.2, -0.15) is 0 Å². The zero-order valence-corrected chi connectivity index (χ0v) is 5.54. The molecular formula is C7H12O3. The molecule has 0 unspecified atom stereocenters. The minimum atomic E-state index is 0. The van der Waals surface area contributed by atoms with E-state index < -0.39 is 0 Å². The minimum absolute atomic E-state index is 0. The third-order valence-electron chi connectivity index (χ3n) is 1.03. The first-order valence-corrected chi connectivity index (χ1v) is 2.58. The van der Waals surface area contributed by atoms with Crippen LogP contribution in [0.3, 0.4) is 0 Å². The highest BCUT2D eigenvalue weighted by molar-refractivity contribution is 5.12. The fourth-order valence-corrected chi connectivity index (χ4v) is 0.583. The molecular weight excluding hydrogens is 132 g/mol. The maximum atomic E-state index is 8.54. The first-order valence-electron chi connectivity index (χ1n) is 2.58. The molecule has 1 aromatic rings. The standard InChI is InChI=1S/C7H8O.2H2O/c8-6-7-4-2-1-3-5-7;;/h1-5,8H,6H2;2*1H2. The first-order chi connectivity index (χ1) is 3.93. The first kappa shape index (κ1) is 11.8. The molecule has 0 spiro atoms. The third kappa shape index (κ3) is 3.19. The molecule has 58 valence electrons. The quantitative estimate of drug-likeness (QED) is 0.567. The predicted molar refractivity (Wildman–Crippen MR) is 39.6 cm³/mol. The van der Waals surface area contributed by atoms with Crippen molar-refractivity contribution in [1.82, 2.24) is 0 Å². The van der Waals surface area contributed by atoms with Gasteiger partial charge in [-0.3, -0.25) is 0 Å². The molecule has 0 aliphatic carbocycles.